The number of amides is 2. The van der Waals surface area contributed by atoms with Crippen LogP contribution in [0, 0.1) is 13.8 Å². The zero-order valence-electron chi connectivity index (χ0n) is 24.6. The summed E-state index contributed by atoms with van der Waals surface area (Å²) >= 11 is 0. The van der Waals surface area contributed by atoms with Crippen molar-refractivity contribution in [1.29, 1.82) is 0 Å². The van der Waals surface area contributed by atoms with Crippen molar-refractivity contribution < 1.29 is 9.59 Å². The standard InChI is InChI=1S/C35H37N3O3/c1-8-32(39)36-31-19-24(13-12-22(31)2)18-26-20-27(21-38(7)34(26)41)29-10-9-11-30(23(29)3)37-33(40)25-14-16-28(17-15-25)35(4,5)6/h8-17,19-21H,1,18H2,2-7H3,(H,36,39)(H,37,40). The van der Waals surface area contributed by atoms with Crippen LogP contribution in [0.5, 0.6) is 0 Å². The predicted molar refractivity (Wildman–Crippen MR) is 168 cm³/mol. The second kappa shape index (κ2) is 11.8. The van der Waals surface area contributed by atoms with Gasteiger partial charge in [0.1, 0.15) is 0 Å². The molecule has 0 spiro atoms. The second-order valence-electron chi connectivity index (χ2n) is 11.4. The van der Waals surface area contributed by atoms with Crippen LogP contribution in [0.1, 0.15) is 58.9 Å². The zero-order valence-corrected chi connectivity index (χ0v) is 24.6. The van der Waals surface area contributed by atoms with Gasteiger partial charge in [-0.05, 0) is 89.1 Å². The van der Waals surface area contributed by atoms with E-state index in [4.69, 9.17) is 0 Å². The second-order valence-corrected chi connectivity index (χ2v) is 11.4. The van der Waals surface area contributed by atoms with E-state index in [1.165, 1.54) is 11.6 Å². The molecule has 0 fully saturated rings. The van der Waals surface area contributed by atoms with Crippen LogP contribution in [0.4, 0.5) is 11.4 Å². The Hall–Kier alpha value is -4.71. The van der Waals surface area contributed by atoms with Crippen molar-refractivity contribution in [2.45, 2.75) is 46.5 Å². The van der Waals surface area contributed by atoms with Crippen molar-refractivity contribution in [1.82, 2.24) is 4.57 Å². The summed E-state index contributed by atoms with van der Waals surface area (Å²) in [5, 5.41) is 5.88. The average Bonchev–Trinajstić information content (AvgIpc) is 2.93. The number of benzene rings is 3. The van der Waals surface area contributed by atoms with Gasteiger partial charge in [0.15, 0.2) is 0 Å². The topological polar surface area (TPSA) is 80.2 Å². The van der Waals surface area contributed by atoms with Crippen molar-refractivity contribution in [2.24, 2.45) is 7.05 Å². The lowest BCUT2D eigenvalue weighted by atomic mass is 9.86. The molecule has 4 rings (SSSR count). The Labute approximate surface area is 241 Å². The molecular formula is C35H37N3O3. The van der Waals surface area contributed by atoms with Gasteiger partial charge in [0, 0.05) is 42.2 Å². The quantitative estimate of drug-likeness (QED) is 0.246. The molecule has 0 radical (unpaired) electrons. The van der Waals surface area contributed by atoms with Crippen LogP contribution in [0.25, 0.3) is 11.1 Å². The van der Waals surface area contributed by atoms with Crippen LogP contribution < -0.4 is 16.2 Å². The Balaban J connectivity index is 1.63. The van der Waals surface area contributed by atoms with Gasteiger partial charge in [-0.1, -0.05) is 63.7 Å². The number of nitrogens with zero attached hydrogens (tertiary/aromatic N) is 1. The molecule has 0 unspecified atom stereocenters. The van der Waals surface area contributed by atoms with Gasteiger partial charge in [-0.2, -0.15) is 0 Å². The number of pyridine rings is 1. The Kier molecular flexibility index (Phi) is 8.43. The van der Waals surface area contributed by atoms with Crippen LogP contribution in [0.15, 0.2) is 90.4 Å². The fourth-order valence-electron chi connectivity index (χ4n) is 4.77. The minimum atomic E-state index is -0.285. The molecule has 0 saturated heterocycles. The fourth-order valence-corrected chi connectivity index (χ4v) is 4.77. The number of aryl methyl sites for hydroxylation is 2. The van der Waals surface area contributed by atoms with E-state index in [2.05, 4.69) is 38.0 Å². The molecule has 0 saturated carbocycles. The van der Waals surface area contributed by atoms with Crippen LogP contribution >= 0.6 is 0 Å². The Morgan fingerprint density at radius 2 is 1.63 bits per heavy atom. The molecule has 2 amide bonds. The molecule has 3 aromatic carbocycles. The molecule has 2 N–H and O–H groups in total. The molecular weight excluding hydrogens is 510 g/mol. The largest absolute Gasteiger partial charge is 0.322 e. The highest BCUT2D eigenvalue weighted by atomic mass is 16.2. The monoisotopic (exact) mass is 547 g/mol. The molecule has 41 heavy (non-hydrogen) atoms. The lowest BCUT2D eigenvalue weighted by Gasteiger charge is -2.19. The highest BCUT2D eigenvalue weighted by molar-refractivity contribution is 6.05. The van der Waals surface area contributed by atoms with Gasteiger partial charge in [-0.15, -0.1) is 0 Å². The number of aromatic nitrogens is 1. The summed E-state index contributed by atoms with van der Waals surface area (Å²) in [6.07, 6.45) is 3.44. The van der Waals surface area contributed by atoms with E-state index in [0.29, 0.717) is 28.9 Å². The van der Waals surface area contributed by atoms with Gasteiger partial charge in [0.2, 0.25) is 5.91 Å². The minimum Gasteiger partial charge on any atom is -0.322 e. The summed E-state index contributed by atoms with van der Waals surface area (Å²) in [7, 11) is 1.74. The summed E-state index contributed by atoms with van der Waals surface area (Å²) < 4.78 is 1.58. The number of nitrogens with one attached hydrogen (secondary N) is 2. The first-order valence-corrected chi connectivity index (χ1v) is 13.6. The highest BCUT2D eigenvalue weighted by Crippen LogP contribution is 2.30. The smallest absolute Gasteiger partial charge is 0.255 e. The number of carbonyl (C=O) groups is 2. The Bertz CT molecular complexity index is 1690. The van der Waals surface area contributed by atoms with Crippen LogP contribution in [-0.2, 0) is 23.7 Å². The first-order valence-electron chi connectivity index (χ1n) is 13.6. The number of anilines is 2. The Morgan fingerprint density at radius 3 is 2.29 bits per heavy atom. The first-order chi connectivity index (χ1) is 19.4. The molecule has 210 valence electrons. The molecule has 1 aromatic heterocycles. The maximum atomic E-state index is 13.1. The minimum absolute atomic E-state index is 0.0117. The zero-order chi connectivity index (χ0) is 29.9. The van der Waals surface area contributed by atoms with Gasteiger partial charge >= 0.3 is 0 Å². The normalized spacial score (nSPS) is 11.2. The lowest BCUT2D eigenvalue weighted by Crippen LogP contribution is -2.21. The molecule has 0 atom stereocenters. The third-order valence-electron chi connectivity index (χ3n) is 7.30. The SMILES string of the molecule is C=CC(=O)Nc1cc(Cc2cc(-c3cccc(NC(=O)c4ccc(C(C)(C)C)cc4)c3C)cn(C)c2=O)ccc1C. The van der Waals surface area contributed by atoms with Crippen LogP contribution in [0.3, 0.4) is 0 Å². The Morgan fingerprint density at radius 1 is 0.927 bits per heavy atom. The van der Waals surface area contributed by atoms with Crippen molar-refractivity contribution in [2.75, 3.05) is 10.6 Å². The summed E-state index contributed by atoms with van der Waals surface area (Å²) in [4.78, 5) is 38.0. The van der Waals surface area contributed by atoms with Gasteiger partial charge < -0.3 is 15.2 Å². The average molecular weight is 548 g/mol. The fraction of sp³-hybridized carbons (Fsp3) is 0.229. The van der Waals surface area contributed by atoms with Gasteiger partial charge in [-0.25, -0.2) is 0 Å². The number of carbonyl (C=O) groups excluding carboxylic acids is 2. The van der Waals surface area contributed by atoms with E-state index < -0.39 is 0 Å². The van der Waals surface area contributed by atoms with Gasteiger partial charge in [0.25, 0.3) is 11.5 Å². The molecule has 0 bridgehead atoms. The van der Waals surface area contributed by atoms with Crippen molar-refractivity contribution in [3.8, 4) is 11.1 Å². The van der Waals surface area contributed by atoms with E-state index in [9.17, 15) is 14.4 Å². The molecule has 6 heteroatoms. The summed E-state index contributed by atoms with van der Waals surface area (Å²) in [6.45, 7) is 13.8. The number of hydrogen-bond acceptors (Lipinski definition) is 3. The molecule has 6 nitrogen and oxygen atoms in total. The predicted octanol–water partition coefficient (Wildman–Crippen LogP) is 6.93. The van der Waals surface area contributed by atoms with Crippen molar-refractivity contribution >= 4 is 23.2 Å². The molecule has 1 heterocycles. The summed E-state index contributed by atoms with van der Waals surface area (Å²) in [5.41, 5.74) is 8.23. The lowest BCUT2D eigenvalue weighted by molar-refractivity contribution is -0.111. The number of rotatable bonds is 7. The van der Waals surface area contributed by atoms with E-state index in [-0.39, 0.29) is 22.8 Å². The van der Waals surface area contributed by atoms with Gasteiger partial charge in [-0.3, -0.25) is 14.4 Å². The number of hydrogen-bond donors (Lipinski definition) is 2. The van der Waals surface area contributed by atoms with E-state index >= 15 is 0 Å². The van der Waals surface area contributed by atoms with Crippen LogP contribution in [-0.4, -0.2) is 16.4 Å². The third kappa shape index (κ3) is 6.72. The third-order valence-corrected chi connectivity index (χ3v) is 7.30. The van der Waals surface area contributed by atoms with E-state index in [1.54, 1.807) is 11.6 Å². The van der Waals surface area contributed by atoms with Crippen LogP contribution in [0.2, 0.25) is 0 Å². The van der Waals surface area contributed by atoms with E-state index in [0.717, 1.165) is 27.8 Å². The molecule has 4 aromatic rings. The molecule has 0 aliphatic rings. The van der Waals surface area contributed by atoms with Gasteiger partial charge in [0.05, 0.1) is 0 Å². The maximum Gasteiger partial charge on any atom is 0.255 e. The summed E-state index contributed by atoms with van der Waals surface area (Å²) in [5.74, 6) is -0.460. The van der Waals surface area contributed by atoms with Crippen molar-refractivity contribution in [3.05, 3.63) is 129 Å². The van der Waals surface area contributed by atoms with E-state index in [1.807, 2.05) is 86.8 Å². The molecule has 0 aliphatic carbocycles. The molecule has 0 aliphatic heterocycles. The summed E-state index contributed by atoms with van der Waals surface area (Å²) in [6, 6.07) is 21.2. The highest BCUT2D eigenvalue weighted by Gasteiger charge is 2.16. The van der Waals surface area contributed by atoms with Crippen molar-refractivity contribution in [3.63, 3.8) is 0 Å². The maximum absolute atomic E-state index is 13.1. The first kappa shape index (κ1) is 29.3.